The van der Waals surface area contributed by atoms with Crippen molar-refractivity contribution in [2.24, 2.45) is 0 Å². The van der Waals surface area contributed by atoms with Gasteiger partial charge in [-0.05, 0) is 31.4 Å². The fraction of sp³-hybridized carbons (Fsp3) is 0.350. The second-order valence-electron chi connectivity index (χ2n) is 6.30. The zero-order chi connectivity index (χ0) is 16.9. The van der Waals surface area contributed by atoms with Gasteiger partial charge >= 0.3 is 0 Å². The van der Waals surface area contributed by atoms with Gasteiger partial charge in [-0.15, -0.1) is 0 Å². The molecular weight excluding hydrogens is 302 g/mol. The molecule has 1 aliphatic rings. The Kier molecular flexibility index (Phi) is 5.16. The van der Waals surface area contributed by atoms with Gasteiger partial charge in [0.15, 0.2) is 0 Å². The summed E-state index contributed by atoms with van der Waals surface area (Å²) in [5, 5.41) is 13.3. The van der Waals surface area contributed by atoms with Crippen LogP contribution >= 0.6 is 0 Å². The minimum absolute atomic E-state index is 0.00138. The number of aliphatic hydroxyl groups excluding tert-OH is 1. The molecule has 0 aliphatic carbocycles. The van der Waals surface area contributed by atoms with Crippen LogP contribution in [0.1, 0.15) is 42.9 Å². The van der Waals surface area contributed by atoms with Crippen molar-refractivity contribution in [1.82, 2.24) is 5.32 Å². The molecule has 0 saturated heterocycles. The van der Waals surface area contributed by atoms with Crippen molar-refractivity contribution in [2.45, 2.75) is 37.8 Å². The largest absolute Gasteiger partial charge is 0.493 e. The molecular formula is C20H23NO3. The Morgan fingerprint density at radius 3 is 2.71 bits per heavy atom. The van der Waals surface area contributed by atoms with Gasteiger partial charge in [-0.25, -0.2) is 0 Å². The first-order chi connectivity index (χ1) is 11.6. The Morgan fingerprint density at radius 2 is 1.92 bits per heavy atom. The van der Waals surface area contributed by atoms with Crippen molar-refractivity contribution < 1.29 is 14.6 Å². The van der Waals surface area contributed by atoms with Crippen LogP contribution in [-0.4, -0.2) is 23.7 Å². The second kappa shape index (κ2) is 7.49. The molecule has 0 fully saturated rings. The second-order valence-corrected chi connectivity index (χ2v) is 6.30. The monoisotopic (exact) mass is 325 g/mol. The normalized spacial score (nSPS) is 18.8. The van der Waals surface area contributed by atoms with Crippen molar-refractivity contribution in [1.29, 1.82) is 0 Å². The summed E-state index contributed by atoms with van der Waals surface area (Å²) in [5.41, 5.74) is 1.81. The van der Waals surface area contributed by atoms with Crippen LogP contribution in [0.2, 0.25) is 0 Å². The lowest BCUT2D eigenvalue weighted by Gasteiger charge is -2.27. The maximum Gasteiger partial charge on any atom is 0.228 e. The summed E-state index contributed by atoms with van der Waals surface area (Å²) in [7, 11) is 0. The van der Waals surface area contributed by atoms with Gasteiger partial charge in [0.05, 0.1) is 18.6 Å². The molecule has 1 amide bonds. The van der Waals surface area contributed by atoms with Crippen LogP contribution in [0.3, 0.4) is 0 Å². The van der Waals surface area contributed by atoms with Gasteiger partial charge in [0.2, 0.25) is 5.91 Å². The zero-order valence-electron chi connectivity index (χ0n) is 13.8. The average Bonchev–Trinajstić information content (AvgIpc) is 2.61. The van der Waals surface area contributed by atoms with E-state index in [2.05, 4.69) is 5.32 Å². The van der Waals surface area contributed by atoms with E-state index in [0.29, 0.717) is 19.4 Å². The third kappa shape index (κ3) is 3.77. The van der Waals surface area contributed by atoms with E-state index in [9.17, 15) is 9.90 Å². The highest BCUT2D eigenvalue weighted by molar-refractivity contribution is 5.85. The summed E-state index contributed by atoms with van der Waals surface area (Å²) in [6, 6.07) is 17.1. The Hall–Kier alpha value is -2.33. The molecule has 2 aromatic carbocycles. The van der Waals surface area contributed by atoms with Crippen molar-refractivity contribution >= 4 is 5.91 Å². The number of benzene rings is 2. The first-order valence-electron chi connectivity index (χ1n) is 8.40. The number of hydrogen-bond acceptors (Lipinski definition) is 3. The van der Waals surface area contributed by atoms with Gasteiger partial charge < -0.3 is 15.2 Å². The van der Waals surface area contributed by atoms with Crippen LogP contribution in [0.25, 0.3) is 0 Å². The van der Waals surface area contributed by atoms with E-state index in [1.807, 2.05) is 61.5 Å². The van der Waals surface area contributed by atoms with E-state index in [1.165, 1.54) is 0 Å². The summed E-state index contributed by atoms with van der Waals surface area (Å²) in [6.07, 6.45) is 0.584. The molecule has 3 rings (SSSR count). The van der Waals surface area contributed by atoms with E-state index < -0.39 is 6.10 Å². The van der Waals surface area contributed by atoms with E-state index in [0.717, 1.165) is 16.9 Å². The van der Waals surface area contributed by atoms with E-state index >= 15 is 0 Å². The van der Waals surface area contributed by atoms with Crippen molar-refractivity contribution in [3.8, 4) is 5.75 Å². The van der Waals surface area contributed by atoms with E-state index in [-0.39, 0.29) is 17.9 Å². The molecule has 2 aromatic rings. The van der Waals surface area contributed by atoms with Crippen LogP contribution in [0.4, 0.5) is 0 Å². The predicted octanol–water partition coefficient (Wildman–Crippen LogP) is 3.18. The van der Waals surface area contributed by atoms with Crippen molar-refractivity contribution in [3.63, 3.8) is 0 Å². The first kappa shape index (κ1) is 16.5. The number of para-hydroxylation sites is 1. The van der Waals surface area contributed by atoms with Crippen LogP contribution in [0, 0.1) is 0 Å². The molecule has 1 aliphatic heterocycles. The molecule has 0 bridgehead atoms. The number of aliphatic hydroxyl groups is 1. The molecule has 0 spiro atoms. The molecule has 126 valence electrons. The van der Waals surface area contributed by atoms with E-state index in [4.69, 9.17) is 4.74 Å². The summed E-state index contributed by atoms with van der Waals surface area (Å²) in [4.78, 5) is 12.6. The topological polar surface area (TPSA) is 58.6 Å². The van der Waals surface area contributed by atoms with Gasteiger partial charge in [0.1, 0.15) is 5.75 Å². The summed E-state index contributed by atoms with van der Waals surface area (Å²) in [6.45, 7) is 2.48. The molecule has 0 saturated carbocycles. The number of rotatable bonds is 5. The lowest BCUT2D eigenvalue weighted by molar-refractivity contribution is -0.124. The highest BCUT2D eigenvalue weighted by Gasteiger charge is 2.28. The molecule has 0 radical (unpaired) electrons. The average molecular weight is 325 g/mol. The quantitative estimate of drug-likeness (QED) is 0.887. The number of hydrogen-bond donors (Lipinski definition) is 2. The highest BCUT2D eigenvalue weighted by Crippen LogP contribution is 2.33. The minimum atomic E-state index is -0.580. The first-order valence-corrected chi connectivity index (χ1v) is 8.40. The summed E-state index contributed by atoms with van der Waals surface area (Å²) in [5.74, 6) is 0.602. The van der Waals surface area contributed by atoms with Gasteiger partial charge in [-0.1, -0.05) is 48.5 Å². The number of carbonyl (C=O) groups excluding carboxylic acids is 1. The minimum Gasteiger partial charge on any atom is -0.493 e. The number of fused-ring (bicyclic) bond motifs is 1. The highest BCUT2D eigenvalue weighted by atomic mass is 16.5. The van der Waals surface area contributed by atoms with Gasteiger partial charge in [0, 0.05) is 11.6 Å². The fourth-order valence-electron chi connectivity index (χ4n) is 3.16. The molecule has 24 heavy (non-hydrogen) atoms. The lowest BCUT2D eigenvalue weighted by Crippen LogP contribution is -2.38. The Balaban J connectivity index is 1.61. The fourth-order valence-corrected chi connectivity index (χ4v) is 3.16. The maximum absolute atomic E-state index is 12.6. The smallest absolute Gasteiger partial charge is 0.228 e. The van der Waals surface area contributed by atoms with E-state index in [1.54, 1.807) is 0 Å². The Morgan fingerprint density at radius 1 is 1.21 bits per heavy atom. The molecule has 4 heteroatoms. The van der Waals surface area contributed by atoms with Gasteiger partial charge in [-0.2, -0.15) is 0 Å². The number of nitrogens with one attached hydrogen (secondary N) is 1. The van der Waals surface area contributed by atoms with Crippen molar-refractivity contribution in [3.05, 3.63) is 65.7 Å². The zero-order valence-corrected chi connectivity index (χ0v) is 13.8. The molecule has 4 nitrogen and oxygen atoms in total. The van der Waals surface area contributed by atoms with Gasteiger partial charge in [-0.3, -0.25) is 4.79 Å². The molecule has 0 aromatic heterocycles. The molecule has 2 N–H and O–H groups in total. The standard InChI is InChI=1S/C20H23NO3/c1-14(13-18(22)15-7-3-2-4-8-15)21-20(23)17-11-12-24-19-10-6-5-9-16(17)19/h2-10,14,17-18,22H,11-13H2,1H3,(H,21,23)/t14-,17+,18-/m1/s1. The van der Waals surface area contributed by atoms with Gasteiger partial charge in [0.25, 0.3) is 0 Å². The third-order valence-electron chi connectivity index (χ3n) is 4.42. The van der Waals surface area contributed by atoms with Crippen LogP contribution < -0.4 is 10.1 Å². The lowest BCUT2D eigenvalue weighted by atomic mass is 9.92. The Labute approximate surface area is 142 Å². The van der Waals surface area contributed by atoms with Crippen LogP contribution in [0.5, 0.6) is 5.75 Å². The van der Waals surface area contributed by atoms with Crippen molar-refractivity contribution in [2.75, 3.05) is 6.61 Å². The number of amides is 1. The Bertz CT molecular complexity index is 686. The maximum atomic E-state index is 12.6. The summed E-state index contributed by atoms with van der Waals surface area (Å²) < 4.78 is 5.61. The summed E-state index contributed by atoms with van der Waals surface area (Å²) >= 11 is 0. The number of carbonyl (C=O) groups is 1. The third-order valence-corrected chi connectivity index (χ3v) is 4.42. The molecule has 1 heterocycles. The van der Waals surface area contributed by atoms with Crippen LogP contribution in [0.15, 0.2) is 54.6 Å². The predicted molar refractivity (Wildman–Crippen MR) is 92.9 cm³/mol. The number of ether oxygens (including phenoxy) is 1. The SMILES string of the molecule is C[C@H](C[C@@H](O)c1ccccc1)NC(=O)[C@H]1CCOc2ccccc21. The molecule has 0 unspecified atom stereocenters. The van der Waals surface area contributed by atoms with Crippen LogP contribution in [-0.2, 0) is 4.79 Å². The molecule has 3 atom stereocenters.